The predicted octanol–water partition coefficient (Wildman–Crippen LogP) is 3.24. The summed E-state index contributed by atoms with van der Waals surface area (Å²) >= 11 is 0. The van der Waals surface area contributed by atoms with Gasteiger partial charge in [0.05, 0.1) is 5.56 Å². The van der Waals surface area contributed by atoms with E-state index in [1.54, 1.807) is 6.07 Å². The van der Waals surface area contributed by atoms with Gasteiger partial charge in [-0.2, -0.15) is 13.2 Å². The lowest BCUT2D eigenvalue weighted by atomic mass is 9.88. The molecule has 1 aromatic heterocycles. The van der Waals surface area contributed by atoms with Crippen LogP contribution in [0.5, 0.6) is 0 Å². The first-order chi connectivity index (χ1) is 9.47. The van der Waals surface area contributed by atoms with Crippen LogP contribution >= 0.6 is 0 Å². The van der Waals surface area contributed by atoms with Gasteiger partial charge in [-0.05, 0) is 12.1 Å². The molecule has 0 amide bonds. The molecule has 1 N–H and O–H groups in total. The van der Waals surface area contributed by atoms with Gasteiger partial charge in [0.15, 0.2) is 0 Å². The highest BCUT2D eigenvalue weighted by molar-refractivity contribution is 5.96. The Morgan fingerprint density at radius 2 is 1.75 bits per heavy atom. The molecule has 20 heavy (non-hydrogen) atoms. The fourth-order valence-corrected chi connectivity index (χ4v) is 2.35. The smallest absolute Gasteiger partial charge is 0.438 e. The number of nitrogens with one attached hydrogen (secondary N) is 1. The van der Waals surface area contributed by atoms with Crippen LogP contribution in [0.15, 0.2) is 48.7 Å². The monoisotopic (exact) mass is 278 g/mol. The second-order valence-electron chi connectivity index (χ2n) is 4.38. The third kappa shape index (κ3) is 1.54. The largest absolute Gasteiger partial charge is 0.450 e. The van der Waals surface area contributed by atoms with Crippen LogP contribution in [0.2, 0.25) is 0 Å². The highest BCUT2D eigenvalue weighted by Gasteiger charge is 2.65. The van der Waals surface area contributed by atoms with Gasteiger partial charge in [0, 0.05) is 11.8 Å². The molecule has 2 aromatic rings. The Hall–Kier alpha value is -2.37. The molecule has 0 saturated carbocycles. The molecule has 0 spiro atoms. The molecule has 0 radical (unpaired) electrons. The second-order valence-corrected chi connectivity index (χ2v) is 4.38. The maximum atomic E-state index is 13.7. The second kappa shape index (κ2) is 4.06. The van der Waals surface area contributed by atoms with E-state index in [4.69, 9.17) is 10.1 Å². The van der Waals surface area contributed by atoms with E-state index in [1.165, 1.54) is 42.6 Å². The van der Waals surface area contributed by atoms with E-state index < -0.39 is 17.7 Å². The summed E-state index contributed by atoms with van der Waals surface area (Å²) in [5.41, 5.74) is -3.02. The van der Waals surface area contributed by atoms with Crippen molar-refractivity contribution in [2.45, 2.75) is 11.8 Å². The molecule has 102 valence electrons. The topological polar surface area (TPSA) is 46.0 Å². The van der Waals surface area contributed by atoms with Crippen molar-refractivity contribution in [2.75, 3.05) is 0 Å². The van der Waals surface area contributed by atoms with Crippen LogP contribution in [0.25, 0.3) is 0 Å². The Morgan fingerprint density at radius 1 is 1.05 bits per heavy atom. The van der Waals surface area contributed by atoms with Crippen molar-refractivity contribution in [1.82, 2.24) is 4.98 Å². The Labute approximate surface area is 112 Å². The van der Waals surface area contributed by atoms with Gasteiger partial charge in [-0.1, -0.05) is 30.3 Å². The number of aromatic nitrogens is 1. The fraction of sp³-hybridized carbons (Fsp3) is 0.143. The van der Waals surface area contributed by atoms with E-state index in [9.17, 15) is 13.2 Å². The highest BCUT2D eigenvalue weighted by Crippen LogP contribution is 2.51. The number of hydrogen-bond acceptors (Lipinski definition) is 3. The van der Waals surface area contributed by atoms with Crippen molar-refractivity contribution in [1.29, 1.82) is 5.41 Å². The van der Waals surface area contributed by atoms with E-state index in [-0.39, 0.29) is 16.8 Å². The number of ether oxygens (including phenoxy) is 1. The molecular weight excluding hydrogens is 269 g/mol. The molecule has 3 nitrogen and oxygen atoms in total. The molecule has 0 aliphatic carbocycles. The van der Waals surface area contributed by atoms with Crippen LogP contribution in [0.1, 0.15) is 16.8 Å². The van der Waals surface area contributed by atoms with Crippen LogP contribution in [-0.2, 0) is 10.3 Å². The summed E-state index contributed by atoms with van der Waals surface area (Å²) in [5, 5.41) is 7.65. The first kappa shape index (κ1) is 12.7. The van der Waals surface area contributed by atoms with Crippen molar-refractivity contribution in [2.24, 2.45) is 0 Å². The maximum Gasteiger partial charge on any atom is 0.438 e. The number of hydrogen-bond donors (Lipinski definition) is 1. The Bertz CT molecular complexity index is 670. The Morgan fingerprint density at radius 3 is 2.40 bits per heavy atom. The average molecular weight is 278 g/mol. The first-order valence-corrected chi connectivity index (χ1v) is 5.82. The zero-order valence-corrected chi connectivity index (χ0v) is 10.1. The average Bonchev–Trinajstić information content (AvgIpc) is 2.75. The number of alkyl halides is 3. The van der Waals surface area contributed by atoms with Crippen LogP contribution in [-0.4, -0.2) is 17.1 Å². The number of rotatable bonds is 1. The van der Waals surface area contributed by atoms with Crippen LogP contribution < -0.4 is 0 Å². The molecule has 0 fully saturated rings. The van der Waals surface area contributed by atoms with Gasteiger partial charge in [0.2, 0.25) is 5.90 Å². The number of halogens is 3. The summed E-state index contributed by atoms with van der Waals surface area (Å²) in [7, 11) is 0. The van der Waals surface area contributed by atoms with Gasteiger partial charge in [0.25, 0.3) is 5.60 Å². The van der Waals surface area contributed by atoms with Gasteiger partial charge >= 0.3 is 6.18 Å². The minimum atomic E-state index is -4.72. The van der Waals surface area contributed by atoms with E-state index in [2.05, 4.69) is 4.98 Å². The van der Waals surface area contributed by atoms with Gasteiger partial charge in [-0.3, -0.25) is 10.4 Å². The lowest BCUT2D eigenvalue weighted by molar-refractivity contribution is -0.239. The predicted molar refractivity (Wildman–Crippen MR) is 65.4 cm³/mol. The molecular formula is C14H9F3N2O. The number of pyridine rings is 1. The van der Waals surface area contributed by atoms with E-state index in [0.717, 1.165) is 0 Å². The van der Waals surface area contributed by atoms with Gasteiger partial charge in [0.1, 0.15) is 5.69 Å². The fourth-order valence-electron chi connectivity index (χ4n) is 2.35. The van der Waals surface area contributed by atoms with Gasteiger partial charge < -0.3 is 4.74 Å². The normalized spacial score (nSPS) is 21.4. The Balaban J connectivity index is 2.34. The quantitative estimate of drug-likeness (QED) is 0.870. The summed E-state index contributed by atoms with van der Waals surface area (Å²) in [5.74, 6) is -0.519. The molecule has 1 aliphatic rings. The van der Waals surface area contributed by atoms with Crippen molar-refractivity contribution in [3.05, 3.63) is 65.5 Å². The molecule has 2 heterocycles. The molecule has 0 bridgehead atoms. The number of nitrogens with zero attached hydrogens (tertiary/aromatic N) is 1. The van der Waals surface area contributed by atoms with E-state index in [0.29, 0.717) is 0 Å². The molecule has 1 unspecified atom stereocenters. The van der Waals surface area contributed by atoms with Crippen molar-refractivity contribution < 1.29 is 17.9 Å². The summed E-state index contributed by atoms with van der Waals surface area (Å²) in [6.45, 7) is 0. The van der Waals surface area contributed by atoms with Gasteiger partial charge in [-0.15, -0.1) is 0 Å². The summed E-state index contributed by atoms with van der Waals surface area (Å²) < 4.78 is 46.0. The van der Waals surface area contributed by atoms with Crippen molar-refractivity contribution in [3.8, 4) is 0 Å². The van der Waals surface area contributed by atoms with E-state index >= 15 is 0 Å². The molecule has 1 aromatic carbocycles. The third-order valence-corrected chi connectivity index (χ3v) is 3.22. The molecule has 1 aliphatic heterocycles. The zero-order valence-electron chi connectivity index (χ0n) is 10.1. The molecule has 3 rings (SSSR count). The summed E-state index contributed by atoms with van der Waals surface area (Å²) in [6, 6.07) is 10.1. The Kier molecular flexibility index (Phi) is 2.57. The highest BCUT2D eigenvalue weighted by atomic mass is 19.4. The number of benzene rings is 1. The maximum absolute atomic E-state index is 13.7. The summed E-state index contributed by atoms with van der Waals surface area (Å²) in [6.07, 6.45) is -3.45. The van der Waals surface area contributed by atoms with Crippen LogP contribution in [0.4, 0.5) is 13.2 Å². The minimum absolute atomic E-state index is 0.0636. The lowest BCUT2D eigenvalue weighted by Crippen LogP contribution is -2.44. The standard InChI is InChI=1S/C14H9F3N2O/c15-14(16,17)13(9-5-2-1-3-6-9)11-10(12(18)20-13)7-4-8-19-11/h1-8,18H. The molecule has 0 saturated heterocycles. The van der Waals surface area contributed by atoms with Crippen molar-refractivity contribution in [3.63, 3.8) is 0 Å². The third-order valence-electron chi connectivity index (χ3n) is 3.22. The minimum Gasteiger partial charge on any atom is -0.450 e. The van der Waals surface area contributed by atoms with E-state index in [1.807, 2.05) is 0 Å². The molecule has 1 atom stereocenters. The number of fused-ring (bicyclic) bond motifs is 1. The van der Waals surface area contributed by atoms with Crippen LogP contribution in [0, 0.1) is 5.41 Å². The first-order valence-electron chi connectivity index (χ1n) is 5.82. The molecule has 6 heteroatoms. The van der Waals surface area contributed by atoms with Crippen molar-refractivity contribution >= 4 is 5.90 Å². The summed E-state index contributed by atoms with van der Waals surface area (Å²) in [4.78, 5) is 3.82. The zero-order chi connectivity index (χ0) is 14.4. The SMILES string of the molecule is N=C1OC(c2ccccc2)(C(F)(F)F)c2ncccc21. The lowest BCUT2D eigenvalue weighted by Gasteiger charge is -2.30. The van der Waals surface area contributed by atoms with Gasteiger partial charge in [-0.25, -0.2) is 0 Å². The van der Waals surface area contributed by atoms with Crippen LogP contribution in [0.3, 0.4) is 0 Å².